The molecule has 0 fully saturated rings. The van der Waals surface area contributed by atoms with Gasteiger partial charge in [-0.05, 0) is 18.6 Å². The maximum atomic E-state index is 5.81. The van der Waals surface area contributed by atoms with Gasteiger partial charge in [-0.2, -0.15) is 0 Å². The molecule has 1 heterocycles. The zero-order chi connectivity index (χ0) is 8.97. The summed E-state index contributed by atoms with van der Waals surface area (Å²) in [7, 11) is 0. The Morgan fingerprint density at radius 3 is 3.08 bits per heavy atom. The number of aromatic nitrogens is 1. The normalized spacial score (nSPS) is 12.1. The highest BCUT2D eigenvalue weighted by Gasteiger charge is 2.07. The highest BCUT2D eigenvalue weighted by Crippen LogP contribution is 2.14. The first-order chi connectivity index (χ1) is 5.79. The van der Waals surface area contributed by atoms with Crippen molar-refractivity contribution in [3.63, 3.8) is 0 Å². The molecule has 0 spiro atoms. The van der Waals surface area contributed by atoms with E-state index in [-0.39, 0.29) is 6.04 Å². The molecule has 2 N–H and O–H groups in total. The van der Waals surface area contributed by atoms with Gasteiger partial charge in [-0.3, -0.25) is 4.98 Å². The van der Waals surface area contributed by atoms with Crippen molar-refractivity contribution >= 4 is 0 Å². The van der Waals surface area contributed by atoms with Gasteiger partial charge in [0.25, 0.3) is 0 Å². The molecule has 1 aromatic rings. The van der Waals surface area contributed by atoms with Crippen LogP contribution in [0.4, 0.5) is 0 Å². The number of rotatable bonds is 2. The van der Waals surface area contributed by atoms with Gasteiger partial charge in [0.05, 0.1) is 5.69 Å². The van der Waals surface area contributed by atoms with Gasteiger partial charge in [0, 0.05) is 17.8 Å². The van der Waals surface area contributed by atoms with Crippen LogP contribution in [0.15, 0.2) is 18.3 Å². The molecule has 0 amide bonds. The summed E-state index contributed by atoms with van der Waals surface area (Å²) in [4.78, 5) is 4.15. The number of hydrogen-bond acceptors (Lipinski definition) is 2. The van der Waals surface area contributed by atoms with Crippen molar-refractivity contribution in [2.75, 3.05) is 0 Å². The molecule has 0 aliphatic carbocycles. The van der Waals surface area contributed by atoms with Gasteiger partial charge in [0.2, 0.25) is 0 Å². The first kappa shape index (κ1) is 8.76. The first-order valence-electron chi connectivity index (χ1n) is 3.96. The minimum absolute atomic E-state index is 0.0442. The maximum Gasteiger partial charge on any atom is 0.0726 e. The molecule has 0 saturated carbocycles. The zero-order valence-corrected chi connectivity index (χ0v) is 7.12. The fraction of sp³-hybridized carbons (Fsp3) is 0.300. The third-order valence-corrected chi connectivity index (χ3v) is 1.79. The summed E-state index contributed by atoms with van der Waals surface area (Å²) < 4.78 is 0. The summed E-state index contributed by atoms with van der Waals surface area (Å²) >= 11 is 0. The van der Waals surface area contributed by atoms with E-state index in [0.29, 0.717) is 0 Å². The lowest BCUT2D eigenvalue weighted by Crippen LogP contribution is -2.12. The van der Waals surface area contributed by atoms with Crippen LogP contribution in [0.5, 0.6) is 0 Å². The van der Waals surface area contributed by atoms with Crippen molar-refractivity contribution < 1.29 is 0 Å². The van der Waals surface area contributed by atoms with E-state index in [4.69, 9.17) is 12.2 Å². The van der Waals surface area contributed by atoms with E-state index in [9.17, 15) is 0 Å². The molecule has 2 nitrogen and oxygen atoms in total. The van der Waals surface area contributed by atoms with Crippen LogP contribution in [0, 0.1) is 12.3 Å². The minimum atomic E-state index is -0.0442. The second-order valence-electron chi connectivity index (χ2n) is 2.60. The molecule has 0 unspecified atom stereocenters. The van der Waals surface area contributed by atoms with Crippen LogP contribution in [-0.4, -0.2) is 4.98 Å². The van der Waals surface area contributed by atoms with Crippen molar-refractivity contribution in [3.8, 4) is 12.3 Å². The Labute approximate surface area is 72.8 Å². The molecule has 12 heavy (non-hydrogen) atoms. The van der Waals surface area contributed by atoms with Gasteiger partial charge in [-0.25, -0.2) is 0 Å². The van der Waals surface area contributed by atoms with E-state index in [1.165, 1.54) is 0 Å². The SMILES string of the molecule is C#Cc1cccnc1[C@@H](N)CC. The van der Waals surface area contributed by atoms with E-state index >= 15 is 0 Å². The number of hydrogen-bond donors (Lipinski definition) is 1. The smallest absolute Gasteiger partial charge is 0.0726 e. The molecule has 2 heteroatoms. The molecule has 1 atom stereocenters. The lowest BCUT2D eigenvalue weighted by Gasteiger charge is -2.09. The first-order valence-corrected chi connectivity index (χ1v) is 3.96. The quantitative estimate of drug-likeness (QED) is 0.665. The molecular formula is C10H12N2. The molecule has 0 aliphatic rings. The number of pyridine rings is 1. The fourth-order valence-electron chi connectivity index (χ4n) is 1.03. The predicted octanol–water partition coefficient (Wildman–Crippen LogP) is 1.47. The second kappa shape index (κ2) is 3.89. The fourth-order valence-corrected chi connectivity index (χ4v) is 1.03. The molecule has 0 bridgehead atoms. The van der Waals surface area contributed by atoms with Gasteiger partial charge in [0.15, 0.2) is 0 Å². The summed E-state index contributed by atoms with van der Waals surface area (Å²) in [6.45, 7) is 2.01. The summed E-state index contributed by atoms with van der Waals surface area (Å²) in [5.41, 5.74) is 7.43. The lowest BCUT2D eigenvalue weighted by atomic mass is 10.1. The average Bonchev–Trinajstić information content (AvgIpc) is 2.16. The standard InChI is InChI=1S/C10H12N2/c1-3-8-6-5-7-12-10(8)9(11)4-2/h1,5-7,9H,4,11H2,2H3/t9-/m0/s1. The van der Waals surface area contributed by atoms with Crippen LogP contribution in [0.2, 0.25) is 0 Å². The molecule has 62 valence electrons. The summed E-state index contributed by atoms with van der Waals surface area (Å²) in [5, 5.41) is 0. The topological polar surface area (TPSA) is 38.9 Å². The molecule has 0 saturated heterocycles. The van der Waals surface area contributed by atoms with Crippen molar-refractivity contribution in [1.29, 1.82) is 0 Å². The van der Waals surface area contributed by atoms with Gasteiger partial charge in [-0.15, -0.1) is 6.42 Å². The van der Waals surface area contributed by atoms with Crippen LogP contribution in [0.3, 0.4) is 0 Å². The highest BCUT2D eigenvalue weighted by atomic mass is 14.8. The molecule has 0 aromatic carbocycles. The predicted molar refractivity (Wildman–Crippen MR) is 49.4 cm³/mol. The third-order valence-electron chi connectivity index (χ3n) is 1.79. The Morgan fingerprint density at radius 2 is 2.50 bits per heavy atom. The Hall–Kier alpha value is -1.33. The zero-order valence-electron chi connectivity index (χ0n) is 7.12. The minimum Gasteiger partial charge on any atom is -0.323 e. The maximum absolute atomic E-state index is 5.81. The molecule has 0 aliphatic heterocycles. The Balaban J connectivity index is 3.07. The summed E-state index contributed by atoms with van der Waals surface area (Å²) in [6, 6.07) is 3.64. The van der Waals surface area contributed by atoms with Crippen LogP contribution < -0.4 is 5.73 Å². The van der Waals surface area contributed by atoms with Crippen molar-refractivity contribution in [1.82, 2.24) is 4.98 Å². The summed E-state index contributed by atoms with van der Waals surface area (Å²) in [6.07, 6.45) is 7.86. The number of nitrogens with zero attached hydrogens (tertiary/aromatic N) is 1. The van der Waals surface area contributed by atoms with Crippen LogP contribution in [-0.2, 0) is 0 Å². The molecular weight excluding hydrogens is 148 g/mol. The monoisotopic (exact) mass is 160 g/mol. The lowest BCUT2D eigenvalue weighted by molar-refractivity contribution is 0.673. The van der Waals surface area contributed by atoms with Crippen LogP contribution in [0.1, 0.15) is 30.6 Å². The molecule has 1 aromatic heterocycles. The Bertz CT molecular complexity index is 299. The second-order valence-corrected chi connectivity index (χ2v) is 2.60. The van der Waals surface area contributed by atoms with E-state index in [1.54, 1.807) is 6.20 Å². The third kappa shape index (κ3) is 1.63. The van der Waals surface area contributed by atoms with Gasteiger partial charge < -0.3 is 5.73 Å². The van der Waals surface area contributed by atoms with Crippen LogP contribution >= 0.6 is 0 Å². The summed E-state index contributed by atoms with van der Waals surface area (Å²) in [5.74, 6) is 2.57. The van der Waals surface area contributed by atoms with Crippen molar-refractivity contribution in [2.45, 2.75) is 19.4 Å². The average molecular weight is 160 g/mol. The Morgan fingerprint density at radius 1 is 1.75 bits per heavy atom. The van der Waals surface area contributed by atoms with Crippen LogP contribution in [0.25, 0.3) is 0 Å². The molecule has 0 radical (unpaired) electrons. The Kier molecular flexibility index (Phi) is 2.84. The van der Waals surface area contributed by atoms with Crippen molar-refractivity contribution in [2.24, 2.45) is 5.73 Å². The van der Waals surface area contributed by atoms with Gasteiger partial charge in [-0.1, -0.05) is 12.8 Å². The van der Waals surface area contributed by atoms with Gasteiger partial charge >= 0.3 is 0 Å². The van der Waals surface area contributed by atoms with E-state index in [2.05, 4.69) is 10.9 Å². The molecule has 1 rings (SSSR count). The van der Waals surface area contributed by atoms with E-state index in [0.717, 1.165) is 17.7 Å². The van der Waals surface area contributed by atoms with Gasteiger partial charge in [0.1, 0.15) is 0 Å². The number of terminal acetylenes is 1. The largest absolute Gasteiger partial charge is 0.323 e. The highest BCUT2D eigenvalue weighted by molar-refractivity contribution is 5.36. The number of nitrogens with two attached hydrogens (primary N) is 1. The van der Waals surface area contributed by atoms with E-state index in [1.807, 2.05) is 19.1 Å². The van der Waals surface area contributed by atoms with E-state index < -0.39 is 0 Å². The van der Waals surface area contributed by atoms with Crippen molar-refractivity contribution in [3.05, 3.63) is 29.6 Å².